The fourth-order valence-electron chi connectivity index (χ4n) is 5.25. The van der Waals surface area contributed by atoms with E-state index >= 15 is 0 Å². The van der Waals surface area contributed by atoms with Gasteiger partial charge in [-0.3, -0.25) is 4.79 Å². The minimum atomic E-state index is -0.717. The van der Waals surface area contributed by atoms with Gasteiger partial charge in [-0.2, -0.15) is 0 Å². The van der Waals surface area contributed by atoms with Crippen LogP contribution >= 0.6 is 23.2 Å². The highest BCUT2D eigenvalue weighted by molar-refractivity contribution is 6.42. The summed E-state index contributed by atoms with van der Waals surface area (Å²) in [5.41, 5.74) is 4.05. The Morgan fingerprint density at radius 3 is 2.34 bits per heavy atom. The molecule has 2 aliphatic carbocycles. The van der Waals surface area contributed by atoms with Crippen LogP contribution in [0.5, 0.6) is 0 Å². The van der Waals surface area contributed by atoms with Gasteiger partial charge in [-0.05, 0) is 49.4 Å². The highest BCUT2D eigenvalue weighted by Gasteiger charge is 2.67. The zero-order valence-electron chi connectivity index (χ0n) is 16.5. The average Bonchev–Trinajstić information content (AvgIpc) is 3.05. The number of fused-ring (bicyclic) bond motifs is 6. The number of benzene rings is 2. The molecule has 0 aliphatic heterocycles. The molecule has 1 aromatic heterocycles. The number of rotatable bonds is 2. The van der Waals surface area contributed by atoms with Crippen LogP contribution in [0, 0.1) is 12.3 Å². The number of hydrogen-bond donors (Lipinski definition) is 1. The SMILES string of the molecule is Cc1ccc(NC(=O)C23CCC(c4nc5cc(Cl)c(Cl)cc5nc42)C3(C)C)cc1. The smallest absolute Gasteiger partial charge is 0.237 e. The summed E-state index contributed by atoms with van der Waals surface area (Å²) in [6, 6.07) is 11.4. The largest absolute Gasteiger partial charge is 0.325 e. The maximum atomic E-state index is 13.7. The van der Waals surface area contributed by atoms with E-state index in [0.717, 1.165) is 41.0 Å². The fourth-order valence-corrected chi connectivity index (χ4v) is 5.57. The van der Waals surface area contributed by atoms with Gasteiger partial charge in [-0.15, -0.1) is 0 Å². The van der Waals surface area contributed by atoms with Crippen molar-refractivity contribution in [2.75, 3.05) is 5.32 Å². The predicted octanol–water partition coefficient (Wildman–Crippen LogP) is 6.04. The predicted molar refractivity (Wildman–Crippen MR) is 117 cm³/mol. The molecule has 1 amide bonds. The second kappa shape index (κ2) is 6.16. The van der Waals surface area contributed by atoms with E-state index in [1.165, 1.54) is 0 Å². The number of hydrogen-bond acceptors (Lipinski definition) is 3. The lowest BCUT2D eigenvalue weighted by atomic mass is 9.67. The highest BCUT2D eigenvalue weighted by atomic mass is 35.5. The molecule has 6 heteroatoms. The Balaban J connectivity index is 1.66. The summed E-state index contributed by atoms with van der Waals surface area (Å²) < 4.78 is 0. The molecule has 1 heterocycles. The lowest BCUT2D eigenvalue weighted by molar-refractivity contribution is -0.124. The lowest BCUT2D eigenvalue weighted by Crippen LogP contribution is -2.46. The number of amides is 1. The molecule has 0 radical (unpaired) electrons. The maximum absolute atomic E-state index is 13.7. The number of aryl methyl sites for hydroxylation is 1. The molecule has 0 saturated heterocycles. The van der Waals surface area contributed by atoms with Gasteiger partial charge in [0, 0.05) is 11.6 Å². The van der Waals surface area contributed by atoms with Gasteiger partial charge in [0.15, 0.2) is 0 Å². The molecule has 29 heavy (non-hydrogen) atoms. The van der Waals surface area contributed by atoms with E-state index in [2.05, 4.69) is 19.2 Å². The Labute approximate surface area is 179 Å². The minimum absolute atomic E-state index is 0.0127. The van der Waals surface area contributed by atoms with E-state index in [-0.39, 0.29) is 17.2 Å². The molecule has 2 unspecified atom stereocenters. The Morgan fingerprint density at radius 2 is 1.69 bits per heavy atom. The summed E-state index contributed by atoms with van der Waals surface area (Å²) >= 11 is 12.4. The molecule has 1 N–H and O–H groups in total. The molecule has 0 spiro atoms. The van der Waals surface area contributed by atoms with Gasteiger partial charge in [0.25, 0.3) is 0 Å². The lowest BCUT2D eigenvalue weighted by Gasteiger charge is -2.36. The number of nitrogens with zero attached hydrogens (tertiary/aromatic N) is 2. The molecule has 148 valence electrons. The van der Waals surface area contributed by atoms with E-state index in [4.69, 9.17) is 33.2 Å². The molecule has 2 aliphatic rings. The molecular formula is C23H21Cl2N3O. The van der Waals surface area contributed by atoms with Crippen molar-refractivity contribution < 1.29 is 4.79 Å². The van der Waals surface area contributed by atoms with Crippen molar-refractivity contribution in [1.82, 2.24) is 9.97 Å². The molecule has 1 fully saturated rings. The van der Waals surface area contributed by atoms with Gasteiger partial charge in [0.1, 0.15) is 0 Å². The minimum Gasteiger partial charge on any atom is -0.325 e. The van der Waals surface area contributed by atoms with E-state index in [1.54, 1.807) is 12.1 Å². The van der Waals surface area contributed by atoms with E-state index in [1.807, 2.05) is 31.2 Å². The van der Waals surface area contributed by atoms with Gasteiger partial charge in [0.05, 0.1) is 37.9 Å². The van der Waals surface area contributed by atoms with Crippen LogP contribution in [-0.2, 0) is 10.2 Å². The Morgan fingerprint density at radius 1 is 1.07 bits per heavy atom. The van der Waals surface area contributed by atoms with Gasteiger partial charge in [-0.1, -0.05) is 54.7 Å². The third-order valence-corrected chi connectivity index (χ3v) is 7.67. The van der Waals surface area contributed by atoms with Crippen molar-refractivity contribution in [3.63, 3.8) is 0 Å². The topological polar surface area (TPSA) is 54.9 Å². The number of nitrogens with one attached hydrogen (secondary N) is 1. The standard InChI is InChI=1S/C23H21Cl2N3O/c1-12-4-6-13(7-5-12)26-21(29)23-9-8-14(22(23,2)3)19-20(23)28-18-11-16(25)15(24)10-17(18)27-19/h4-7,10-11,14H,8-9H2,1-3H3,(H,26,29). The third-order valence-electron chi connectivity index (χ3n) is 6.94. The van der Waals surface area contributed by atoms with Crippen LogP contribution in [0.2, 0.25) is 10.0 Å². The monoisotopic (exact) mass is 425 g/mol. The molecule has 3 aromatic rings. The number of anilines is 1. The molecule has 2 aromatic carbocycles. The van der Waals surface area contributed by atoms with Gasteiger partial charge >= 0.3 is 0 Å². The normalized spacial score (nSPS) is 24.0. The third kappa shape index (κ3) is 2.48. The molecule has 2 atom stereocenters. The summed E-state index contributed by atoms with van der Waals surface area (Å²) in [4.78, 5) is 23.5. The first-order valence-corrected chi connectivity index (χ1v) is 10.5. The second-order valence-electron chi connectivity index (χ2n) is 8.75. The van der Waals surface area contributed by atoms with Crippen molar-refractivity contribution in [1.29, 1.82) is 0 Å². The highest BCUT2D eigenvalue weighted by Crippen LogP contribution is 2.67. The first-order valence-electron chi connectivity index (χ1n) is 9.79. The van der Waals surface area contributed by atoms with Crippen LogP contribution < -0.4 is 5.32 Å². The van der Waals surface area contributed by atoms with Crippen LogP contribution in [0.15, 0.2) is 36.4 Å². The zero-order chi connectivity index (χ0) is 20.6. The molecular weight excluding hydrogens is 405 g/mol. The number of carbonyl (C=O) groups excluding carboxylic acids is 1. The molecule has 1 saturated carbocycles. The van der Waals surface area contributed by atoms with E-state index < -0.39 is 5.41 Å². The van der Waals surface area contributed by atoms with Crippen molar-refractivity contribution in [3.8, 4) is 0 Å². The van der Waals surface area contributed by atoms with Crippen molar-refractivity contribution in [2.45, 2.75) is 44.9 Å². The van der Waals surface area contributed by atoms with Gasteiger partial charge in [-0.25, -0.2) is 9.97 Å². The molecule has 2 bridgehead atoms. The molecule has 5 rings (SSSR count). The van der Waals surface area contributed by atoms with Crippen LogP contribution in [0.25, 0.3) is 11.0 Å². The number of halogens is 2. The molecule has 4 nitrogen and oxygen atoms in total. The average molecular weight is 426 g/mol. The van der Waals surface area contributed by atoms with E-state index in [9.17, 15) is 4.79 Å². The van der Waals surface area contributed by atoms with Crippen LogP contribution in [0.1, 0.15) is 49.6 Å². The Bertz CT molecular complexity index is 1170. The summed E-state index contributed by atoms with van der Waals surface area (Å²) in [6.07, 6.45) is 1.68. The fraction of sp³-hybridized carbons (Fsp3) is 0.348. The zero-order valence-corrected chi connectivity index (χ0v) is 18.0. The quantitative estimate of drug-likeness (QED) is 0.544. The maximum Gasteiger partial charge on any atom is 0.237 e. The van der Waals surface area contributed by atoms with Gasteiger partial charge in [0.2, 0.25) is 5.91 Å². The van der Waals surface area contributed by atoms with Crippen LogP contribution in [0.4, 0.5) is 5.69 Å². The van der Waals surface area contributed by atoms with Crippen LogP contribution in [-0.4, -0.2) is 15.9 Å². The number of aromatic nitrogens is 2. The summed E-state index contributed by atoms with van der Waals surface area (Å²) in [7, 11) is 0. The van der Waals surface area contributed by atoms with Crippen molar-refractivity contribution >= 4 is 45.8 Å². The number of carbonyl (C=O) groups is 1. The summed E-state index contributed by atoms with van der Waals surface area (Å²) in [6.45, 7) is 6.35. The second-order valence-corrected chi connectivity index (χ2v) is 9.57. The first-order chi connectivity index (χ1) is 13.7. The Kier molecular flexibility index (Phi) is 4.00. The summed E-state index contributed by atoms with van der Waals surface area (Å²) in [5, 5.41) is 4.04. The van der Waals surface area contributed by atoms with Crippen LogP contribution in [0.3, 0.4) is 0 Å². The van der Waals surface area contributed by atoms with Crippen molar-refractivity contribution in [2.24, 2.45) is 5.41 Å². The van der Waals surface area contributed by atoms with Gasteiger partial charge < -0.3 is 5.32 Å². The van der Waals surface area contributed by atoms with Crippen molar-refractivity contribution in [3.05, 3.63) is 63.4 Å². The summed E-state index contributed by atoms with van der Waals surface area (Å²) in [5.74, 6) is 0.175. The van der Waals surface area contributed by atoms with E-state index in [0.29, 0.717) is 15.6 Å². The first kappa shape index (κ1) is 18.8. The Hall–Kier alpha value is -2.17.